The Morgan fingerprint density at radius 3 is 2.62 bits per heavy atom. The number of aromatic nitrogens is 2. The highest BCUT2D eigenvalue weighted by Gasteiger charge is 2.15. The molecule has 0 radical (unpaired) electrons. The molecule has 1 aromatic rings. The SMILES string of the molecule is CCS(=O)(=O)c1cncnc1N.Cl. The number of sulfone groups is 1. The predicted octanol–water partition coefficient (Wildman–Crippen LogP) is 0.274. The van der Waals surface area contributed by atoms with Gasteiger partial charge in [0.05, 0.1) is 11.9 Å². The van der Waals surface area contributed by atoms with Crippen LogP contribution in [0.25, 0.3) is 0 Å². The Bertz CT molecular complexity index is 379. The van der Waals surface area contributed by atoms with Crippen LogP contribution in [-0.4, -0.2) is 24.1 Å². The lowest BCUT2D eigenvalue weighted by Gasteiger charge is -2.01. The lowest BCUT2D eigenvalue weighted by atomic mass is 10.6. The highest BCUT2D eigenvalue weighted by molar-refractivity contribution is 7.91. The van der Waals surface area contributed by atoms with Crippen molar-refractivity contribution in [3.63, 3.8) is 0 Å². The maximum absolute atomic E-state index is 11.3. The van der Waals surface area contributed by atoms with Crippen molar-refractivity contribution in [1.82, 2.24) is 9.97 Å². The van der Waals surface area contributed by atoms with Gasteiger partial charge in [-0.25, -0.2) is 18.4 Å². The molecule has 74 valence electrons. The zero-order valence-electron chi connectivity index (χ0n) is 6.97. The van der Waals surface area contributed by atoms with Crippen LogP contribution in [0.15, 0.2) is 17.4 Å². The molecule has 0 aliphatic heterocycles. The lowest BCUT2D eigenvalue weighted by Crippen LogP contribution is -2.08. The third-order valence-electron chi connectivity index (χ3n) is 1.42. The van der Waals surface area contributed by atoms with Crippen LogP contribution >= 0.6 is 12.4 Å². The minimum Gasteiger partial charge on any atom is -0.383 e. The largest absolute Gasteiger partial charge is 0.383 e. The van der Waals surface area contributed by atoms with E-state index in [0.29, 0.717) is 0 Å². The topological polar surface area (TPSA) is 85.9 Å². The third kappa shape index (κ3) is 2.53. The van der Waals surface area contributed by atoms with E-state index in [0.717, 1.165) is 0 Å². The fourth-order valence-corrected chi connectivity index (χ4v) is 1.63. The number of hydrogen-bond donors (Lipinski definition) is 1. The molecule has 0 amide bonds. The average molecular weight is 224 g/mol. The summed E-state index contributed by atoms with van der Waals surface area (Å²) in [4.78, 5) is 7.18. The molecular weight excluding hydrogens is 214 g/mol. The van der Waals surface area contributed by atoms with Crippen LogP contribution in [0.1, 0.15) is 6.92 Å². The van der Waals surface area contributed by atoms with Crippen molar-refractivity contribution in [3.05, 3.63) is 12.5 Å². The Morgan fingerprint density at radius 2 is 2.15 bits per heavy atom. The summed E-state index contributed by atoms with van der Waals surface area (Å²) in [7, 11) is -3.28. The zero-order valence-corrected chi connectivity index (χ0v) is 8.60. The Morgan fingerprint density at radius 1 is 1.54 bits per heavy atom. The Labute approximate surface area is 82.7 Å². The van der Waals surface area contributed by atoms with E-state index in [9.17, 15) is 8.42 Å². The zero-order chi connectivity index (χ0) is 9.19. The molecule has 0 aliphatic rings. The van der Waals surface area contributed by atoms with E-state index in [1.807, 2.05) is 0 Å². The quantitative estimate of drug-likeness (QED) is 0.778. The van der Waals surface area contributed by atoms with Crippen LogP contribution in [0.5, 0.6) is 0 Å². The van der Waals surface area contributed by atoms with Crippen molar-refractivity contribution in [1.29, 1.82) is 0 Å². The maximum Gasteiger partial charge on any atom is 0.183 e. The standard InChI is InChI=1S/C6H9N3O2S.ClH/c1-2-12(10,11)5-3-8-4-9-6(5)7;/h3-4H,2H2,1H3,(H2,7,8,9);1H. The molecule has 0 aliphatic carbocycles. The second-order valence-corrected chi connectivity index (χ2v) is 4.42. The van der Waals surface area contributed by atoms with Crippen LogP contribution in [0.2, 0.25) is 0 Å². The van der Waals surface area contributed by atoms with Crippen molar-refractivity contribution >= 4 is 28.1 Å². The van der Waals surface area contributed by atoms with Gasteiger partial charge >= 0.3 is 0 Å². The molecule has 0 bridgehead atoms. The molecule has 0 unspecified atom stereocenters. The molecule has 0 aromatic carbocycles. The molecule has 0 atom stereocenters. The van der Waals surface area contributed by atoms with Crippen molar-refractivity contribution in [2.45, 2.75) is 11.8 Å². The van der Waals surface area contributed by atoms with E-state index in [-0.39, 0.29) is 28.9 Å². The first kappa shape index (κ1) is 12.1. The fourth-order valence-electron chi connectivity index (χ4n) is 0.721. The third-order valence-corrected chi connectivity index (χ3v) is 3.17. The Kier molecular flexibility index (Phi) is 4.09. The minimum atomic E-state index is -3.28. The minimum absolute atomic E-state index is 0. The fraction of sp³-hybridized carbons (Fsp3) is 0.333. The number of halogens is 1. The highest BCUT2D eigenvalue weighted by atomic mass is 35.5. The smallest absolute Gasteiger partial charge is 0.183 e. The monoisotopic (exact) mass is 223 g/mol. The van der Waals surface area contributed by atoms with Crippen LogP contribution in [0, 0.1) is 0 Å². The van der Waals surface area contributed by atoms with E-state index >= 15 is 0 Å². The van der Waals surface area contributed by atoms with Crippen LogP contribution in [0.3, 0.4) is 0 Å². The Hall–Kier alpha value is -0.880. The first-order valence-corrected chi connectivity index (χ1v) is 5.01. The van der Waals surface area contributed by atoms with E-state index in [1.54, 1.807) is 6.92 Å². The molecule has 1 rings (SSSR count). The summed E-state index contributed by atoms with van der Waals surface area (Å²) < 4.78 is 22.5. The predicted molar refractivity (Wildman–Crippen MR) is 51.4 cm³/mol. The number of hydrogen-bond acceptors (Lipinski definition) is 5. The maximum atomic E-state index is 11.3. The van der Waals surface area contributed by atoms with Gasteiger partial charge in [-0.15, -0.1) is 12.4 Å². The van der Waals surface area contributed by atoms with Gasteiger partial charge in [0.1, 0.15) is 17.0 Å². The average Bonchev–Trinajstić information content (AvgIpc) is 2.05. The van der Waals surface area contributed by atoms with Gasteiger partial charge in [-0.2, -0.15) is 0 Å². The van der Waals surface area contributed by atoms with Gasteiger partial charge in [0.2, 0.25) is 0 Å². The van der Waals surface area contributed by atoms with Crippen molar-refractivity contribution in [2.24, 2.45) is 0 Å². The lowest BCUT2D eigenvalue weighted by molar-refractivity contribution is 0.597. The van der Waals surface area contributed by atoms with Gasteiger partial charge in [0, 0.05) is 0 Å². The van der Waals surface area contributed by atoms with Crippen LogP contribution in [0.4, 0.5) is 5.82 Å². The van der Waals surface area contributed by atoms with Crippen molar-refractivity contribution in [3.8, 4) is 0 Å². The molecule has 0 spiro atoms. The van der Waals surface area contributed by atoms with Gasteiger partial charge < -0.3 is 5.73 Å². The molecule has 13 heavy (non-hydrogen) atoms. The van der Waals surface area contributed by atoms with Gasteiger partial charge in [-0.05, 0) is 0 Å². The van der Waals surface area contributed by atoms with Crippen LogP contribution < -0.4 is 5.73 Å². The van der Waals surface area contributed by atoms with E-state index < -0.39 is 9.84 Å². The number of rotatable bonds is 2. The highest BCUT2D eigenvalue weighted by Crippen LogP contribution is 2.14. The second kappa shape index (κ2) is 4.38. The molecule has 2 N–H and O–H groups in total. The van der Waals surface area contributed by atoms with E-state index in [4.69, 9.17) is 5.73 Å². The summed E-state index contributed by atoms with van der Waals surface area (Å²) in [6, 6.07) is 0. The first-order valence-electron chi connectivity index (χ1n) is 3.36. The molecule has 7 heteroatoms. The van der Waals surface area contributed by atoms with Gasteiger partial charge in [0.25, 0.3) is 0 Å². The summed E-state index contributed by atoms with van der Waals surface area (Å²) in [5.74, 6) is 0.0109. The van der Waals surface area contributed by atoms with Gasteiger partial charge in [-0.1, -0.05) is 6.92 Å². The number of anilines is 1. The van der Waals surface area contributed by atoms with Crippen molar-refractivity contribution in [2.75, 3.05) is 11.5 Å². The molecular formula is C6H10ClN3O2S. The molecule has 0 fully saturated rings. The number of nitrogens with zero attached hydrogens (tertiary/aromatic N) is 2. The molecule has 1 heterocycles. The number of nitrogen functional groups attached to an aromatic ring is 1. The molecule has 0 saturated heterocycles. The van der Waals surface area contributed by atoms with Gasteiger partial charge in [0.15, 0.2) is 9.84 Å². The first-order chi connectivity index (χ1) is 5.58. The summed E-state index contributed by atoms with van der Waals surface area (Å²) in [6.45, 7) is 1.54. The summed E-state index contributed by atoms with van der Waals surface area (Å²) in [6.07, 6.45) is 2.42. The number of nitrogens with two attached hydrogens (primary N) is 1. The van der Waals surface area contributed by atoms with Gasteiger partial charge in [-0.3, -0.25) is 0 Å². The summed E-state index contributed by atoms with van der Waals surface area (Å²) in [5, 5.41) is 0. The molecule has 0 saturated carbocycles. The van der Waals surface area contributed by atoms with E-state index in [2.05, 4.69) is 9.97 Å². The molecule has 5 nitrogen and oxygen atoms in total. The Balaban J connectivity index is 0.00000144. The summed E-state index contributed by atoms with van der Waals surface area (Å²) in [5.41, 5.74) is 5.35. The molecule has 1 aromatic heterocycles. The second-order valence-electron chi connectivity index (χ2n) is 2.18. The summed E-state index contributed by atoms with van der Waals surface area (Å²) >= 11 is 0. The normalized spacial score (nSPS) is 10.5. The van der Waals surface area contributed by atoms with E-state index in [1.165, 1.54) is 12.5 Å². The van der Waals surface area contributed by atoms with Crippen LogP contribution in [-0.2, 0) is 9.84 Å². The van der Waals surface area contributed by atoms with Crippen molar-refractivity contribution < 1.29 is 8.42 Å².